The number of thioether (sulfide) groups is 1. The second-order valence-corrected chi connectivity index (χ2v) is 13.4. The third kappa shape index (κ3) is 9.28. The minimum Gasteiger partial charge on any atom is -0.465 e. The fourth-order valence-electron chi connectivity index (χ4n) is 4.95. The van der Waals surface area contributed by atoms with Crippen LogP contribution in [0.5, 0.6) is 0 Å². The standard InChI is InChI=1S/C32H38N3O6PS/c1-3-40-29(36)21-35-31(38)28(23-43-32(35)26-18-12-7-13-19-26)34-42(39,41-4-2)22-27(20-24-14-8-5-9-15-24)33-30(37)25-16-10-6-11-17-25/h5-19,27-28,32H,3-4,20-23H2,1-2H3,(H,33,37)(H,34,39)/t27?,28?,32-,42?/m1/s1. The van der Waals surface area contributed by atoms with Gasteiger partial charge in [-0.2, -0.15) is 0 Å². The summed E-state index contributed by atoms with van der Waals surface area (Å²) in [6, 6.07) is 26.5. The van der Waals surface area contributed by atoms with Gasteiger partial charge in [0.2, 0.25) is 5.91 Å². The average molecular weight is 624 g/mol. The van der Waals surface area contributed by atoms with Gasteiger partial charge in [-0.25, -0.2) is 5.09 Å². The topological polar surface area (TPSA) is 114 Å². The summed E-state index contributed by atoms with van der Waals surface area (Å²) >= 11 is 1.47. The second kappa shape index (κ2) is 15.9. The van der Waals surface area contributed by atoms with Gasteiger partial charge in [0, 0.05) is 17.4 Å². The molecule has 2 N–H and O–H groups in total. The molecular formula is C32H38N3O6PS. The molecule has 1 saturated heterocycles. The lowest BCUT2D eigenvalue weighted by Crippen LogP contribution is -2.53. The summed E-state index contributed by atoms with van der Waals surface area (Å²) < 4.78 is 25.3. The van der Waals surface area contributed by atoms with Gasteiger partial charge in [-0.05, 0) is 43.5 Å². The summed E-state index contributed by atoms with van der Waals surface area (Å²) in [5, 5.41) is 5.66. The highest BCUT2D eigenvalue weighted by Gasteiger charge is 2.42. The van der Waals surface area contributed by atoms with Crippen molar-refractivity contribution in [3.8, 4) is 0 Å². The number of ether oxygens (including phenoxy) is 1. The molecule has 9 nitrogen and oxygen atoms in total. The van der Waals surface area contributed by atoms with Gasteiger partial charge >= 0.3 is 5.97 Å². The van der Waals surface area contributed by atoms with E-state index in [9.17, 15) is 18.9 Å². The first-order valence-electron chi connectivity index (χ1n) is 14.4. The van der Waals surface area contributed by atoms with E-state index in [1.807, 2.05) is 66.7 Å². The number of hydrogen-bond donors (Lipinski definition) is 2. The zero-order valence-corrected chi connectivity index (χ0v) is 26.1. The third-order valence-electron chi connectivity index (χ3n) is 6.82. The quantitative estimate of drug-likeness (QED) is 0.190. The molecule has 2 amide bonds. The van der Waals surface area contributed by atoms with E-state index in [0.29, 0.717) is 17.7 Å². The van der Waals surface area contributed by atoms with Gasteiger partial charge in [-0.15, -0.1) is 11.8 Å². The van der Waals surface area contributed by atoms with Crippen LogP contribution in [0.25, 0.3) is 0 Å². The van der Waals surface area contributed by atoms with Gasteiger partial charge in [-0.3, -0.25) is 18.9 Å². The van der Waals surface area contributed by atoms with E-state index in [-0.39, 0.29) is 37.7 Å². The maximum Gasteiger partial charge on any atom is 0.325 e. The van der Waals surface area contributed by atoms with Crippen LogP contribution in [-0.2, 0) is 29.8 Å². The van der Waals surface area contributed by atoms with Gasteiger partial charge in [0.1, 0.15) is 18.0 Å². The summed E-state index contributed by atoms with van der Waals surface area (Å²) in [5.41, 5.74) is 2.32. The first-order valence-corrected chi connectivity index (χ1v) is 17.2. The number of hydrogen-bond acceptors (Lipinski definition) is 7. The van der Waals surface area contributed by atoms with Crippen molar-refractivity contribution >= 4 is 37.1 Å². The minimum absolute atomic E-state index is 0.0389. The Morgan fingerprint density at radius 1 is 0.953 bits per heavy atom. The Bertz CT molecular complexity index is 1400. The first-order chi connectivity index (χ1) is 20.8. The molecule has 0 spiro atoms. The molecule has 4 rings (SSSR count). The van der Waals surface area contributed by atoms with Crippen LogP contribution in [0, 0.1) is 0 Å². The fraction of sp³-hybridized carbons (Fsp3) is 0.344. The number of nitrogens with one attached hydrogen (secondary N) is 2. The van der Waals surface area contributed by atoms with Crippen molar-refractivity contribution in [1.82, 2.24) is 15.3 Å². The third-order valence-corrected chi connectivity index (χ3v) is 10.5. The molecule has 1 aliphatic heterocycles. The van der Waals surface area contributed by atoms with Crippen molar-refractivity contribution in [2.24, 2.45) is 0 Å². The molecule has 0 bridgehead atoms. The first kappa shape index (κ1) is 32.5. The van der Waals surface area contributed by atoms with Crippen molar-refractivity contribution in [2.75, 3.05) is 31.7 Å². The lowest BCUT2D eigenvalue weighted by Gasteiger charge is -2.39. The maximum absolute atomic E-state index is 14.4. The number of nitrogens with zero attached hydrogens (tertiary/aromatic N) is 1. The average Bonchev–Trinajstić information content (AvgIpc) is 3.01. The van der Waals surface area contributed by atoms with Gasteiger partial charge in [-0.1, -0.05) is 78.9 Å². The van der Waals surface area contributed by atoms with Crippen LogP contribution in [0.1, 0.15) is 40.7 Å². The predicted molar refractivity (Wildman–Crippen MR) is 169 cm³/mol. The smallest absolute Gasteiger partial charge is 0.325 e. The largest absolute Gasteiger partial charge is 0.465 e. The van der Waals surface area contributed by atoms with Crippen LogP contribution in [0.3, 0.4) is 0 Å². The van der Waals surface area contributed by atoms with Crippen molar-refractivity contribution in [3.05, 3.63) is 108 Å². The van der Waals surface area contributed by atoms with Crippen LogP contribution in [0.15, 0.2) is 91.0 Å². The molecule has 1 fully saturated rings. The molecular weight excluding hydrogens is 585 g/mol. The van der Waals surface area contributed by atoms with Gasteiger partial charge in [0.15, 0.2) is 0 Å². The van der Waals surface area contributed by atoms with E-state index in [0.717, 1.165) is 11.1 Å². The minimum atomic E-state index is -3.67. The van der Waals surface area contributed by atoms with E-state index >= 15 is 0 Å². The summed E-state index contributed by atoms with van der Waals surface area (Å²) in [4.78, 5) is 41.0. The zero-order valence-electron chi connectivity index (χ0n) is 24.4. The highest BCUT2D eigenvalue weighted by Crippen LogP contribution is 2.46. The molecule has 3 unspecified atom stereocenters. The Morgan fingerprint density at radius 3 is 2.21 bits per heavy atom. The van der Waals surface area contributed by atoms with E-state index in [1.165, 1.54) is 16.7 Å². The number of rotatable bonds is 14. The Hall–Kier alpha value is -3.43. The molecule has 1 aliphatic rings. The summed E-state index contributed by atoms with van der Waals surface area (Å²) in [7, 11) is -3.67. The summed E-state index contributed by atoms with van der Waals surface area (Å²) in [5.74, 6) is -0.861. The molecule has 43 heavy (non-hydrogen) atoms. The Morgan fingerprint density at radius 2 is 1.58 bits per heavy atom. The maximum atomic E-state index is 14.4. The van der Waals surface area contributed by atoms with E-state index in [2.05, 4.69) is 10.4 Å². The van der Waals surface area contributed by atoms with Crippen LogP contribution in [-0.4, -0.2) is 66.4 Å². The van der Waals surface area contributed by atoms with Crippen molar-refractivity contribution in [1.29, 1.82) is 0 Å². The van der Waals surface area contributed by atoms with E-state index in [1.54, 1.807) is 38.1 Å². The van der Waals surface area contributed by atoms with Crippen LogP contribution in [0.4, 0.5) is 0 Å². The monoisotopic (exact) mass is 623 g/mol. The fourth-order valence-corrected chi connectivity index (χ4v) is 8.57. The molecule has 0 aliphatic carbocycles. The molecule has 3 aromatic carbocycles. The number of carbonyl (C=O) groups is 3. The molecule has 11 heteroatoms. The van der Waals surface area contributed by atoms with Gasteiger partial charge in [0.05, 0.1) is 19.4 Å². The molecule has 0 radical (unpaired) electrons. The van der Waals surface area contributed by atoms with Gasteiger partial charge < -0.3 is 19.5 Å². The molecule has 0 aromatic heterocycles. The molecule has 1 heterocycles. The van der Waals surface area contributed by atoms with Crippen molar-refractivity contribution < 1.29 is 28.2 Å². The number of amides is 2. The molecule has 0 saturated carbocycles. The lowest BCUT2D eigenvalue weighted by molar-refractivity contribution is -0.150. The second-order valence-electron chi connectivity index (χ2n) is 10.0. The Labute approximate surface area is 257 Å². The van der Waals surface area contributed by atoms with E-state index in [4.69, 9.17) is 9.26 Å². The molecule has 3 aromatic rings. The van der Waals surface area contributed by atoms with Crippen LogP contribution in [0.2, 0.25) is 0 Å². The zero-order chi connectivity index (χ0) is 30.7. The van der Waals surface area contributed by atoms with Crippen molar-refractivity contribution in [2.45, 2.75) is 37.7 Å². The lowest BCUT2D eigenvalue weighted by atomic mass is 10.1. The van der Waals surface area contributed by atoms with E-state index < -0.39 is 30.9 Å². The van der Waals surface area contributed by atoms with Crippen LogP contribution >= 0.6 is 19.3 Å². The Kier molecular flexibility index (Phi) is 12.0. The summed E-state index contributed by atoms with van der Waals surface area (Å²) in [6.45, 7) is 3.55. The van der Waals surface area contributed by atoms with Crippen LogP contribution < -0.4 is 10.4 Å². The highest BCUT2D eigenvalue weighted by atomic mass is 32.2. The number of carbonyl (C=O) groups excluding carboxylic acids is 3. The molecule has 228 valence electrons. The highest BCUT2D eigenvalue weighted by molar-refractivity contribution is 7.99. The normalized spacial score (nSPS) is 18.8. The predicted octanol–water partition coefficient (Wildman–Crippen LogP) is 5.05. The molecule has 4 atom stereocenters. The summed E-state index contributed by atoms with van der Waals surface area (Å²) in [6.07, 6.45) is 0.374. The van der Waals surface area contributed by atoms with Crippen molar-refractivity contribution in [3.63, 3.8) is 0 Å². The SMILES string of the molecule is CCOC(=O)CN1C(=O)C(NP(=O)(CC(Cc2ccccc2)NC(=O)c2ccccc2)OCC)CS[C@@H]1c1ccccc1. The number of esters is 1. The Balaban J connectivity index is 1.56. The number of benzene rings is 3. The van der Waals surface area contributed by atoms with Gasteiger partial charge in [0.25, 0.3) is 13.4 Å².